The normalized spacial score (nSPS) is 14.9. The minimum Gasteiger partial charge on any atom is -0.484 e. The lowest BCUT2D eigenvalue weighted by Gasteiger charge is -2.26. The zero-order valence-electron chi connectivity index (χ0n) is 16.4. The summed E-state index contributed by atoms with van der Waals surface area (Å²) in [5.41, 5.74) is 3.30. The summed E-state index contributed by atoms with van der Waals surface area (Å²) < 4.78 is 5.64. The second-order valence-electron chi connectivity index (χ2n) is 7.60. The molecule has 3 rings (SSSR count). The Bertz CT molecular complexity index is 734. The van der Waals surface area contributed by atoms with Gasteiger partial charge >= 0.3 is 0 Å². The fourth-order valence-electron chi connectivity index (χ4n) is 3.38. The highest BCUT2D eigenvalue weighted by molar-refractivity contribution is 5.91. The monoisotopic (exact) mass is 366 g/mol. The predicted octanol–water partition coefficient (Wildman–Crippen LogP) is 4.81. The van der Waals surface area contributed by atoms with Crippen molar-refractivity contribution in [3.8, 4) is 5.75 Å². The molecule has 1 fully saturated rings. The number of hydrogen-bond acceptors (Lipinski definition) is 3. The Morgan fingerprint density at radius 2 is 1.81 bits per heavy atom. The van der Waals surface area contributed by atoms with E-state index in [4.69, 9.17) is 4.74 Å². The number of carbonyl (C=O) groups is 1. The van der Waals surface area contributed by atoms with E-state index in [1.165, 1.54) is 43.5 Å². The smallest absolute Gasteiger partial charge is 0.262 e. The lowest BCUT2D eigenvalue weighted by molar-refractivity contribution is -0.118. The molecule has 0 aliphatic carbocycles. The molecule has 144 valence electrons. The first-order valence-corrected chi connectivity index (χ1v) is 9.94. The van der Waals surface area contributed by atoms with Crippen LogP contribution in [-0.4, -0.2) is 30.5 Å². The number of benzene rings is 2. The SMILES string of the molecule is CC(C)c1cccc(OCC(=O)Nc2ccc(CN3CCCCC3)cc2)c1. The van der Waals surface area contributed by atoms with Crippen LogP contribution in [0.4, 0.5) is 5.69 Å². The first kappa shape index (κ1) is 19.4. The van der Waals surface area contributed by atoms with Gasteiger partial charge in [0.1, 0.15) is 5.75 Å². The van der Waals surface area contributed by atoms with E-state index in [9.17, 15) is 4.79 Å². The van der Waals surface area contributed by atoms with Crippen LogP contribution in [0, 0.1) is 0 Å². The summed E-state index contributed by atoms with van der Waals surface area (Å²) in [7, 11) is 0. The molecule has 0 saturated carbocycles. The van der Waals surface area contributed by atoms with Crippen molar-refractivity contribution in [2.24, 2.45) is 0 Å². The van der Waals surface area contributed by atoms with Gasteiger partial charge in [0.2, 0.25) is 0 Å². The zero-order chi connectivity index (χ0) is 19.1. The molecule has 0 bridgehead atoms. The van der Waals surface area contributed by atoms with Crippen molar-refractivity contribution in [3.63, 3.8) is 0 Å². The van der Waals surface area contributed by atoms with Gasteiger partial charge in [-0.05, 0) is 67.2 Å². The van der Waals surface area contributed by atoms with Crippen LogP contribution in [0.25, 0.3) is 0 Å². The summed E-state index contributed by atoms with van der Waals surface area (Å²) in [4.78, 5) is 14.7. The van der Waals surface area contributed by atoms with E-state index < -0.39 is 0 Å². The number of ether oxygens (including phenoxy) is 1. The second-order valence-corrected chi connectivity index (χ2v) is 7.60. The quantitative estimate of drug-likeness (QED) is 0.764. The molecular weight excluding hydrogens is 336 g/mol. The van der Waals surface area contributed by atoms with E-state index >= 15 is 0 Å². The Labute approximate surface area is 162 Å². The van der Waals surface area contributed by atoms with Gasteiger partial charge < -0.3 is 10.1 Å². The molecule has 4 heteroatoms. The zero-order valence-corrected chi connectivity index (χ0v) is 16.4. The van der Waals surface area contributed by atoms with E-state index in [0.717, 1.165) is 18.0 Å². The van der Waals surface area contributed by atoms with Crippen LogP contribution in [0.15, 0.2) is 48.5 Å². The van der Waals surface area contributed by atoms with Gasteiger partial charge in [-0.1, -0.05) is 44.5 Å². The van der Waals surface area contributed by atoms with E-state index in [-0.39, 0.29) is 12.5 Å². The average Bonchev–Trinajstić information content (AvgIpc) is 2.69. The van der Waals surface area contributed by atoms with Crippen LogP contribution in [0.1, 0.15) is 50.2 Å². The first-order valence-electron chi connectivity index (χ1n) is 9.94. The molecule has 0 radical (unpaired) electrons. The molecule has 1 N–H and O–H groups in total. The van der Waals surface area contributed by atoms with Crippen molar-refractivity contribution in [3.05, 3.63) is 59.7 Å². The van der Waals surface area contributed by atoms with Crippen molar-refractivity contribution in [1.82, 2.24) is 4.90 Å². The number of nitrogens with one attached hydrogen (secondary N) is 1. The van der Waals surface area contributed by atoms with E-state index in [1.807, 2.05) is 30.3 Å². The Morgan fingerprint density at radius 1 is 1.07 bits per heavy atom. The second kappa shape index (κ2) is 9.56. The summed E-state index contributed by atoms with van der Waals surface area (Å²) in [5.74, 6) is 1.02. The largest absolute Gasteiger partial charge is 0.484 e. The van der Waals surface area contributed by atoms with Crippen LogP contribution in [0.3, 0.4) is 0 Å². The molecule has 2 aromatic rings. The maximum atomic E-state index is 12.2. The number of piperidine rings is 1. The lowest BCUT2D eigenvalue weighted by Crippen LogP contribution is -2.29. The number of rotatable bonds is 7. The van der Waals surface area contributed by atoms with Gasteiger partial charge in [0.25, 0.3) is 5.91 Å². The van der Waals surface area contributed by atoms with Crippen molar-refractivity contribution in [2.45, 2.75) is 45.6 Å². The summed E-state index contributed by atoms with van der Waals surface area (Å²) in [5, 5.41) is 2.90. The summed E-state index contributed by atoms with van der Waals surface area (Å²) in [6, 6.07) is 16.0. The highest BCUT2D eigenvalue weighted by Crippen LogP contribution is 2.20. The molecule has 1 aliphatic heterocycles. The third-order valence-electron chi connectivity index (χ3n) is 4.99. The Balaban J connectivity index is 1.47. The molecule has 4 nitrogen and oxygen atoms in total. The van der Waals surface area contributed by atoms with Crippen LogP contribution < -0.4 is 10.1 Å². The summed E-state index contributed by atoms with van der Waals surface area (Å²) >= 11 is 0. The molecule has 27 heavy (non-hydrogen) atoms. The molecule has 1 amide bonds. The Hall–Kier alpha value is -2.33. The standard InChI is InChI=1S/C23H30N2O2/c1-18(2)20-7-6-8-22(15-20)27-17-23(26)24-21-11-9-19(10-12-21)16-25-13-4-3-5-14-25/h6-12,15,18H,3-5,13-14,16-17H2,1-2H3,(H,24,26). The molecule has 1 saturated heterocycles. The fourth-order valence-corrected chi connectivity index (χ4v) is 3.38. The van der Waals surface area contributed by atoms with Gasteiger partial charge in [0.05, 0.1) is 0 Å². The van der Waals surface area contributed by atoms with Crippen molar-refractivity contribution < 1.29 is 9.53 Å². The molecule has 2 aromatic carbocycles. The first-order chi connectivity index (χ1) is 13.1. The van der Waals surface area contributed by atoms with Crippen molar-refractivity contribution >= 4 is 11.6 Å². The average molecular weight is 367 g/mol. The molecule has 0 atom stereocenters. The van der Waals surface area contributed by atoms with E-state index in [2.05, 4.69) is 42.3 Å². The topological polar surface area (TPSA) is 41.6 Å². The Morgan fingerprint density at radius 3 is 2.52 bits per heavy atom. The van der Waals surface area contributed by atoms with Crippen LogP contribution in [-0.2, 0) is 11.3 Å². The van der Waals surface area contributed by atoms with Gasteiger partial charge in [0.15, 0.2) is 6.61 Å². The van der Waals surface area contributed by atoms with Gasteiger partial charge in [-0.2, -0.15) is 0 Å². The number of nitrogens with zero attached hydrogens (tertiary/aromatic N) is 1. The summed E-state index contributed by atoms with van der Waals surface area (Å²) in [6.45, 7) is 7.66. The third kappa shape index (κ3) is 6.10. The van der Waals surface area contributed by atoms with E-state index in [1.54, 1.807) is 0 Å². The predicted molar refractivity (Wildman–Crippen MR) is 110 cm³/mol. The highest BCUT2D eigenvalue weighted by atomic mass is 16.5. The molecule has 0 spiro atoms. The highest BCUT2D eigenvalue weighted by Gasteiger charge is 2.10. The maximum Gasteiger partial charge on any atom is 0.262 e. The molecular formula is C23H30N2O2. The number of likely N-dealkylation sites (tertiary alicyclic amines) is 1. The number of hydrogen-bond donors (Lipinski definition) is 1. The maximum absolute atomic E-state index is 12.2. The van der Waals surface area contributed by atoms with Crippen molar-refractivity contribution in [2.75, 3.05) is 25.0 Å². The van der Waals surface area contributed by atoms with Crippen LogP contribution in [0.2, 0.25) is 0 Å². The molecule has 0 unspecified atom stereocenters. The van der Waals surface area contributed by atoms with Gasteiger partial charge in [-0.25, -0.2) is 0 Å². The molecule has 0 aromatic heterocycles. The number of anilines is 1. The van der Waals surface area contributed by atoms with E-state index in [0.29, 0.717) is 5.92 Å². The van der Waals surface area contributed by atoms with Crippen LogP contribution >= 0.6 is 0 Å². The molecule has 1 heterocycles. The summed E-state index contributed by atoms with van der Waals surface area (Å²) in [6.07, 6.45) is 3.95. The van der Waals surface area contributed by atoms with Crippen molar-refractivity contribution in [1.29, 1.82) is 0 Å². The van der Waals surface area contributed by atoms with Gasteiger partial charge in [0, 0.05) is 12.2 Å². The fraction of sp³-hybridized carbons (Fsp3) is 0.435. The number of amides is 1. The van der Waals surface area contributed by atoms with Gasteiger partial charge in [-0.3, -0.25) is 9.69 Å². The lowest BCUT2D eigenvalue weighted by atomic mass is 10.0. The Kier molecular flexibility index (Phi) is 6.88. The third-order valence-corrected chi connectivity index (χ3v) is 4.99. The van der Waals surface area contributed by atoms with Crippen LogP contribution in [0.5, 0.6) is 5.75 Å². The molecule has 1 aliphatic rings. The van der Waals surface area contributed by atoms with Gasteiger partial charge in [-0.15, -0.1) is 0 Å². The number of carbonyl (C=O) groups excluding carboxylic acids is 1. The minimum atomic E-state index is -0.145. The minimum absolute atomic E-state index is 0.0110.